The van der Waals surface area contributed by atoms with Crippen molar-refractivity contribution < 1.29 is 58.8 Å². The molecule has 0 spiro atoms. The van der Waals surface area contributed by atoms with Gasteiger partial charge < -0.3 is 63.4 Å². The minimum Gasteiger partial charge on any atom is -0.508 e. The molecule has 25 heteroatoms. The normalized spacial score (nSPS) is 13.7. The van der Waals surface area contributed by atoms with Crippen molar-refractivity contribution in [2.75, 3.05) is 18.0 Å². The Morgan fingerprint density at radius 2 is 1.10 bits per heavy atom. The van der Waals surface area contributed by atoms with Crippen LogP contribution in [0.1, 0.15) is 63.1 Å². The summed E-state index contributed by atoms with van der Waals surface area (Å²) in [6.07, 6.45) is 1.37. The summed E-state index contributed by atoms with van der Waals surface area (Å²) in [6.45, 7) is 4.56. The number of carboxylic acids is 1. The lowest BCUT2D eigenvalue weighted by molar-refractivity contribution is -0.142. The highest BCUT2D eigenvalue weighted by Crippen LogP contribution is 2.30. The first-order valence-corrected chi connectivity index (χ1v) is 27.1. The van der Waals surface area contributed by atoms with Crippen LogP contribution in [0.5, 0.6) is 17.2 Å². The van der Waals surface area contributed by atoms with E-state index in [1.54, 1.807) is 13.8 Å². The van der Waals surface area contributed by atoms with E-state index in [1.807, 2.05) is 30.3 Å². The van der Waals surface area contributed by atoms with Crippen molar-refractivity contribution in [3.8, 4) is 28.5 Å². The monoisotopic (exact) mass is 1140 g/mol. The number of rotatable bonds is 29. The Balaban J connectivity index is 1.26. The molecule has 0 bridgehead atoms. The third-order valence-corrected chi connectivity index (χ3v) is 13.8. The van der Waals surface area contributed by atoms with Crippen LogP contribution in [0.3, 0.4) is 0 Å². The van der Waals surface area contributed by atoms with E-state index in [4.69, 9.17) is 5.73 Å². The van der Waals surface area contributed by atoms with Gasteiger partial charge in [-0.05, 0) is 78.3 Å². The topological polar surface area (TPSA) is 371 Å². The molecule has 13 N–H and O–H groups in total. The van der Waals surface area contributed by atoms with Crippen LogP contribution in [0.25, 0.3) is 22.3 Å². The van der Waals surface area contributed by atoms with E-state index in [0.29, 0.717) is 39.8 Å². The number of carbonyl (C=O) groups excluding carboxylic acids is 7. The number of nitrogens with one attached hydrogen (secondary N) is 7. The number of carbonyl (C=O) groups is 8. The highest BCUT2D eigenvalue weighted by molar-refractivity contribution is 7.80. The van der Waals surface area contributed by atoms with Gasteiger partial charge in [-0.3, -0.25) is 33.6 Å². The van der Waals surface area contributed by atoms with Crippen LogP contribution in [0, 0.1) is 5.92 Å². The Morgan fingerprint density at radius 1 is 0.610 bits per heavy atom. The number of fused-ring (bicyclic) bond motifs is 1. The number of aromatic hydroxyl groups is 3. The molecule has 0 aliphatic rings. The number of aliphatic carboxylic acids is 1. The zero-order valence-electron chi connectivity index (χ0n) is 45.4. The average Bonchev–Trinajstić information content (AvgIpc) is 3.94. The number of thiol groups is 1. The van der Waals surface area contributed by atoms with Gasteiger partial charge in [0.1, 0.15) is 77.9 Å². The number of hydrogen-bond donors (Lipinski definition) is 13. The summed E-state index contributed by atoms with van der Waals surface area (Å²) in [6, 6.07) is 18.2. The molecule has 4 aromatic carbocycles. The molecular formula is C57H68N12O12S. The lowest BCUT2D eigenvalue weighted by atomic mass is 9.96. The standard InChI is InChI=1S/C57H68N12O12S/c1-4-32(2)48(67-55(78)45(30-82)62-33(3)70)56(79)65-43(27-35-15-21-39(72)22-16-35)53(76)63-41(12-8-9-25-59-46(74)29-69-51-47(50(58)60-31-61-51)49(68-69)37-10-6-5-7-11-37)52(75)64-42(26-34-13-19-38(71)20-14-34)54(77)66-44(57(80)81)28-36-17-23-40(73)24-18-36/h5-7,10-11,13-24,31-32,41-45,48,71-73,82H,4,8-9,12,25-30H2,1-3H3,(H,59,74)(H,62,70)(H,63,76)(H,64,75)(H,65,79)(H,66,77)(H,67,78)(H,80,81)(H2,58,60,61)/t32-,41-,42-,43-,44-,45-,48-/m0/s1. The van der Waals surface area contributed by atoms with Crippen LogP contribution in [0.2, 0.25) is 0 Å². The molecule has 7 atom stereocenters. The average molecular weight is 1150 g/mol. The summed E-state index contributed by atoms with van der Waals surface area (Å²) in [5.74, 6) is -7.13. The molecule has 2 aromatic heterocycles. The maximum atomic E-state index is 14.8. The van der Waals surface area contributed by atoms with Crippen molar-refractivity contribution in [1.29, 1.82) is 0 Å². The number of carboxylic acid groups (broad SMARTS) is 1. The van der Waals surface area contributed by atoms with Gasteiger partial charge in [0.2, 0.25) is 41.4 Å². The molecule has 0 fully saturated rings. The maximum Gasteiger partial charge on any atom is 0.326 e. The van der Waals surface area contributed by atoms with E-state index < -0.39 is 89.5 Å². The lowest BCUT2D eigenvalue weighted by Crippen LogP contribution is -2.61. The first-order valence-electron chi connectivity index (χ1n) is 26.5. The number of nitrogens with two attached hydrogens (primary N) is 1. The van der Waals surface area contributed by atoms with Crippen LogP contribution in [0.15, 0.2) is 109 Å². The fraction of sp³-hybridized carbons (Fsp3) is 0.351. The van der Waals surface area contributed by atoms with Crippen molar-refractivity contribution in [1.82, 2.24) is 57.0 Å². The fourth-order valence-electron chi connectivity index (χ4n) is 8.80. The Kier molecular flexibility index (Phi) is 22.5. The van der Waals surface area contributed by atoms with E-state index in [9.17, 15) is 58.8 Å². The van der Waals surface area contributed by atoms with Crippen molar-refractivity contribution in [3.05, 3.63) is 126 Å². The molecule has 6 rings (SSSR count). The maximum absolute atomic E-state index is 14.8. The number of phenols is 3. The third-order valence-electron chi connectivity index (χ3n) is 13.5. The molecule has 434 valence electrons. The number of nitrogen functional groups attached to an aromatic ring is 1. The highest BCUT2D eigenvalue weighted by Gasteiger charge is 2.35. The van der Waals surface area contributed by atoms with E-state index in [1.165, 1.54) is 90.7 Å². The first-order chi connectivity index (χ1) is 39.2. The van der Waals surface area contributed by atoms with Gasteiger partial charge in [0.25, 0.3) is 0 Å². The Hall–Kier alpha value is -9.26. The largest absolute Gasteiger partial charge is 0.508 e. The molecule has 0 saturated carbocycles. The van der Waals surface area contributed by atoms with E-state index in [2.05, 4.69) is 64.9 Å². The summed E-state index contributed by atoms with van der Waals surface area (Å²) in [4.78, 5) is 118. The summed E-state index contributed by atoms with van der Waals surface area (Å²) >= 11 is 4.19. The fourth-order valence-corrected chi connectivity index (χ4v) is 9.05. The quantitative estimate of drug-likeness (QED) is 0.0236. The number of amides is 7. The molecule has 7 amide bonds. The van der Waals surface area contributed by atoms with Crippen molar-refractivity contribution in [2.45, 2.75) is 109 Å². The van der Waals surface area contributed by atoms with Crippen molar-refractivity contribution >= 4 is 76.8 Å². The predicted octanol–water partition coefficient (Wildman–Crippen LogP) is 2.20. The minimum atomic E-state index is -1.51. The third kappa shape index (κ3) is 17.9. The second-order valence-corrected chi connectivity index (χ2v) is 20.0. The van der Waals surface area contributed by atoms with Gasteiger partial charge in [-0.25, -0.2) is 19.4 Å². The Bertz CT molecular complexity index is 3180. The number of aromatic nitrogens is 4. The van der Waals surface area contributed by atoms with Gasteiger partial charge in [0.15, 0.2) is 5.65 Å². The van der Waals surface area contributed by atoms with Gasteiger partial charge >= 0.3 is 5.97 Å². The van der Waals surface area contributed by atoms with E-state index in [-0.39, 0.29) is 80.4 Å². The minimum absolute atomic E-state index is 0.0577. The first kappa shape index (κ1) is 61.9. The van der Waals surface area contributed by atoms with Gasteiger partial charge in [-0.15, -0.1) is 0 Å². The van der Waals surface area contributed by atoms with E-state index >= 15 is 0 Å². The summed E-state index contributed by atoms with van der Waals surface area (Å²) in [5, 5.41) is 64.0. The molecule has 0 saturated heterocycles. The van der Waals surface area contributed by atoms with Crippen molar-refractivity contribution in [3.63, 3.8) is 0 Å². The summed E-state index contributed by atoms with van der Waals surface area (Å²) in [7, 11) is 0. The van der Waals surface area contributed by atoms with Gasteiger partial charge in [0.05, 0.1) is 5.39 Å². The second kappa shape index (κ2) is 29.8. The van der Waals surface area contributed by atoms with Crippen LogP contribution < -0.4 is 43.0 Å². The van der Waals surface area contributed by atoms with Crippen LogP contribution in [-0.4, -0.2) is 136 Å². The number of unbranched alkanes of at least 4 members (excludes halogenated alkanes) is 1. The van der Waals surface area contributed by atoms with Crippen LogP contribution in [0.4, 0.5) is 5.82 Å². The number of anilines is 1. The molecule has 24 nitrogen and oxygen atoms in total. The molecule has 0 aliphatic heterocycles. The summed E-state index contributed by atoms with van der Waals surface area (Å²) < 4.78 is 1.41. The van der Waals surface area contributed by atoms with Crippen molar-refractivity contribution in [2.24, 2.45) is 5.92 Å². The lowest BCUT2D eigenvalue weighted by Gasteiger charge is -2.29. The number of nitrogens with zero attached hydrogens (tertiary/aromatic N) is 4. The Morgan fingerprint density at radius 3 is 1.61 bits per heavy atom. The predicted molar refractivity (Wildman–Crippen MR) is 306 cm³/mol. The van der Waals surface area contributed by atoms with Crippen LogP contribution >= 0.6 is 12.6 Å². The number of benzene rings is 4. The molecule has 0 unspecified atom stereocenters. The number of phenolic OH excluding ortho intramolecular Hbond substituents is 3. The highest BCUT2D eigenvalue weighted by atomic mass is 32.1. The molecule has 0 aliphatic carbocycles. The van der Waals surface area contributed by atoms with Gasteiger partial charge in [-0.2, -0.15) is 17.7 Å². The van der Waals surface area contributed by atoms with Crippen LogP contribution in [-0.2, 0) is 64.2 Å². The molecule has 6 aromatic rings. The van der Waals surface area contributed by atoms with E-state index in [0.717, 1.165) is 5.56 Å². The molecule has 0 radical (unpaired) electrons. The molecular weight excluding hydrogens is 1080 g/mol. The molecule has 82 heavy (non-hydrogen) atoms. The zero-order valence-corrected chi connectivity index (χ0v) is 46.3. The zero-order chi connectivity index (χ0) is 59.5. The number of hydrogen-bond acceptors (Lipinski definition) is 16. The smallest absolute Gasteiger partial charge is 0.326 e. The molecule has 2 heterocycles. The van der Waals surface area contributed by atoms with Gasteiger partial charge in [0, 0.05) is 44.0 Å². The Labute approximate surface area is 477 Å². The SMILES string of the molecule is CC[C@H](C)[C@H](NC(=O)[C@H](CS)NC(C)=O)C(=O)N[C@@H](Cc1ccc(O)cc1)C(=O)N[C@@H](CCCCNC(=O)Cn1nc(-c2ccccc2)c2c(N)ncnc21)C(=O)N[C@@H](Cc1ccc(O)cc1)C(=O)N[C@@H](Cc1ccc(O)cc1)C(=O)O. The second-order valence-electron chi connectivity index (χ2n) is 19.7. The van der Waals surface area contributed by atoms with Gasteiger partial charge in [-0.1, -0.05) is 87.0 Å². The summed E-state index contributed by atoms with van der Waals surface area (Å²) in [5.41, 5.74) is 9.19.